The Bertz CT molecular complexity index is 379. The molecule has 1 unspecified atom stereocenters. The minimum Gasteiger partial charge on any atom is -0.384 e. The SMILES string of the molecule is CCC(C)CSc1ccc(Cl)cc1C(=N)N. The second-order valence-electron chi connectivity index (χ2n) is 3.88. The van der Waals surface area contributed by atoms with Gasteiger partial charge in [0.05, 0.1) is 0 Å². The summed E-state index contributed by atoms with van der Waals surface area (Å²) in [5.74, 6) is 1.79. The Morgan fingerprint density at radius 1 is 1.56 bits per heavy atom. The summed E-state index contributed by atoms with van der Waals surface area (Å²) in [6, 6.07) is 5.53. The number of nitrogen functional groups attached to an aromatic ring is 1. The van der Waals surface area contributed by atoms with Crippen LogP contribution in [0.25, 0.3) is 0 Å². The summed E-state index contributed by atoms with van der Waals surface area (Å²) < 4.78 is 0. The molecule has 0 aliphatic carbocycles. The van der Waals surface area contributed by atoms with Gasteiger partial charge in [-0.05, 0) is 24.1 Å². The van der Waals surface area contributed by atoms with Crippen LogP contribution in [0.1, 0.15) is 25.8 Å². The van der Waals surface area contributed by atoms with Crippen LogP contribution >= 0.6 is 23.4 Å². The van der Waals surface area contributed by atoms with E-state index in [2.05, 4.69) is 13.8 Å². The lowest BCUT2D eigenvalue weighted by atomic mass is 10.2. The first-order chi connectivity index (χ1) is 7.54. The molecule has 0 fully saturated rings. The van der Waals surface area contributed by atoms with Crippen molar-refractivity contribution in [3.63, 3.8) is 0 Å². The Hall–Kier alpha value is -0.670. The van der Waals surface area contributed by atoms with Gasteiger partial charge in [-0.25, -0.2) is 0 Å². The molecule has 0 aliphatic heterocycles. The van der Waals surface area contributed by atoms with Crippen molar-refractivity contribution < 1.29 is 0 Å². The van der Waals surface area contributed by atoms with E-state index in [9.17, 15) is 0 Å². The lowest BCUT2D eigenvalue weighted by Gasteiger charge is -2.11. The molecule has 3 N–H and O–H groups in total. The molecule has 16 heavy (non-hydrogen) atoms. The summed E-state index contributed by atoms with van der Waals surface area (Å²) in [5.41, 5.74) is 6.27. The molecule has 1 atom stereocenters. The van der Waals surface area contributed by atoms with Crippen LogP contribution in [0.15, 0.2) is 23.1 Å². The van der Waals surface area contributed by atoms with E-state index in [4.69, 9.17) is 22.7 Å². The third kappa shape index (κ3) is 3.72. The molecule has 1 rings (SSSR count). The Morgan fingerprint density at radius 3 is 2.81 bits per heavy atom. The van der Waals surface area contributed by atoms with E-state index in [1.807, 2.05) is 12.1 Å². The van der Waals surface area contributed by atoms with Crippen LogP contribution in [-0.2, 0) is 0 Å². The predicted octanol–water partition coefficient (Wildman–Crippen LogP) is 3.76. The Labute approximate surface area is 106 Å². The van der Waals surface area contributed by atoms with Crippen molar-refractivity contribution in [2.24, 2.45) is 11.7 Å². The van der Waals surface area contributed by atoms with Crippen molar-refractivity contribution >= 4 is 29.2 Å². The van der Waals surface area contributed by atoms with E-state index in [0.29, 0.717) is 10.9 Å². The molecule has 1 aromatic rings. The smallest absolute Gasteiger partial charge is 0.123 e. The lowest BCUT2D eigenvalue weighted by Crippen LogP contribution is -2.12. The number of amidine groups is 1. The van der Waals surface area contributed by atoms with Crippen molar-refractivity contribution in [1.82, 2.24) is 0 Å². The van der Waals surface area contributed by atoms with E-state index in [1.165, 1.54) is 0 Å². The van der Waals surface area contributed by atoms with Crippen molar-refractivity contribution in [3.8, 4) is 0 Å². The lowest BCUT2D eigenvalue weighted by molar-refractivity contribution is 0.637. The van der Waals surface area contributed by atoms with Crippen LogP contribution in [0.4, 0.5) is 0 Å². The van der Waals surface area contributed by atoms with Gasteiger partial charge in [0.2, 0.25) is 0 Å². The molecule has 0 bridgehead atoms. The van der Waals surface area contributed by atoms with Gasteiger partial charge in [0.25, 0.3) is 0 Å². The standard InChI is InChI=1S/C12H17ClN2S/c1-3-8(2)7-16-11-5-4-9(13)6-10(11)12(14)15/h4-6,8H,3,7H2,1-2H3,(H3,14,15). The van der Waals surface area contributed by atoms with E-state index in [0.717, 1.165) is 22.6 Å². The summed E-state index contributed by atoms with van der Waals surface area (Å²) in [7, 11) is 0. The van der Waals surface area contributed by atoms with E-state index < -0.39 is 0 Å². The number of nitrogens with two attached hydrogens (primary N) is 1. The van der Waals surface area contributed by atoms with Gasteiger partial charge in [0.1, 0.15) is 5.84 Å². The largest absolute Gasteiger partial charge is 0.384 e. The second-order valence-corrected chi connectivity index (χ2v) is 5.38. The molecule has 2 nitrogen and oxygen atoms in total. The van der Waals surface area contributed by atoms with Crippen molar-refractivity contribution in [2.75, 3.05) is 5.75 Å². The van der Waals surface area contributed by atoms with Gasteiger partial charge in [-0.15, -0.1) is 11.8 Å². The Morgan fingerprint density at radius 2 is 2.25 bits per heavy atom. The molecule has 4 heteroatoms. The molecule has 1 aromatic carbocycles. The van der Waals surface area contributed by atoms with Crippen LogP contribution in [0.3, 0.4) is 0 Å². The third-order valence-electron chi connectivity index (χ3n) is 2.45. The molecule has 0 radical (unpaired) electrons. The molecule has 0 saturated carbocycles. The summed E-state index contributed by atoms with van der Waals surface area (Å²) in [4.78, 5) is 1.04. The third-order valence-corrected chi connectivity index (χ3v) is 4.09. The van der Waals surface area contributed by atoms with Crippen LogP contribution < -0.4 is 5.73 Å². The van der Waals surface area contributed by atoms with Gasteiger partial charge in [0, 0.05) is 21.2 Å². The summed E-state index contributed by atoms with van der Waals surface area (Å²) in [5, 5.41) is 8.13. The zero-order chi connectivity index (χ0) is 12.1. The Kier molecular flexibility index (Phi) is 5.16. The first-order valence-electron chi connectivity index (χ1n) is 5.31. The van der Waals surface area contributed by atoms with Crippen LogP contribution in [0.5, 0.6) is 0 Å². The number of benzene rings is 1. The molecule has 0 aromatic heterocycles. The minimum atomic E-state index is 0.0779. The molecule has 0 aliphatic rings. The van der Waals surface area contributed by atoms with Crippen molar-refractivity contribution in [3.05, 3.63) is 28.8 Å². The number of nitrogens with one attached hydrogen (secondary N) is 1. The fourth-order valence-corrected chi connectivity index (χ4v) is 2.55. The van der Waals surface area contributed by atoms with Crippen LogP contribution in [0.2, 0.25) is 5.02 Å². The molecule has 0 spiro atoms. The quantitative estimate of drug-likeness (QED) is 0.479. The number of rotatable bonds is 5. The average molecular weight is 257 g/mol. The average Bonchev–Trinajstić information content (AvgIpc) is 2.26. The fourth-order valence-electron chi connectivity index (χ4n) is 1.19. The topological polar surface area (TPSA) is 49.9 Å². The minimum absolute atomic E-state index is 0.0779. The molecule has 0 heterocycles. The van der Waals surface area contributed by atoms with Crippen molar-refractivity contribution in [1.29, 1.82) is 5.41 Å². The van der Waals surface area contributed by atoms with E-state index >= 15 is 0 Å². The highest BCUT2D eigenvalue weighted by molar-refractivity contribution is 7.99. The molecule has 0 amide bonds. The maximum absolute atomic E-state index is 7.51. The summed E-state index contributed by atoms with van der Waals surface area (Å²) in [6.45, 7) is 4.40. The zero-order valence-electron chi connectivity index (χ0n) is 9.59. The molecular weight excluding hydrogens is 240 g/mol. The number of thioether (sulfide) groups is 1. The monoisotopic (exact) mass is 256 g/mol. The number of hydrogen-bond acceptors (Lipinski definition) is 2. The first-order valence-corrected chi connectivity index (χ1v) is 6.67. The summed E-state index contributed by atoms with van der Waals surface area (Å²) in [6.07, 6.45) is 1.16. The summed E-state index contributed by atoms with van der Waals surface area (Å²) >= 11 is 7.63. The first kappa shape index (κ1) is 13.4. The fraction of sp³-hybridized carbons (Fsp3) is 0.417. The van der Waals surface area contributed by atoms with Crippen molar-refractivity contribution in [2.45, 2.75) is 25.2 Å². The predicted molar refractivity (Wildman–Crippen MR) is 72.6 cm³/mol. The molecule has 88 valence electrons. The van der Waals surface area contributed by atoms with Gasteiger partial charge >= 0.3 is 0 Å². The second kappa shape index (κ2) is 6.16. The number of hydrogen-bond donors (Lipinski definition) is 2. The zero-order valence-corrected chi connectivity index (χ0v) is 11.2. The van der Waals surface area contributed by atoms with E-state index in [1.54, 1.807) is 17.8 Å². The highest BCUT2D eigenvalue weighted by Gasteiger charge is 2.08. The van der Waals surface area contributed by atoms with Gasteiger partial charge in [-0.1, -0.05) is 31.9 Å². The van der Waals surface area contributed by atoms with Gasteiger partial charge in [-0.2, -0.15) is 0 Å². The highest BCUT2D eigenvalue weighted by atomic mass is 35.5. The highest BCUT2D eigenvalue weighted by Crippen LogP contribution is 2.27. The number of halogens is 1. The maximum Gasteiger partial charge on any atom is 0.123 e. The van der Waals surface area contributed by atoms with Gasteiger partial charge in [0.15, 0.2) is 0 Å². The normalized spacial score (nSPS) is 12.4. The van der Waals surface area contributed by atoms with Crippen LogP contribution in [-0.4, -0.2) is 11.6 Å². The van der Waals surface area contributed by atoms with Crippen LogP contribution in [0, 0.1) is 11.3 Å². The van der Waals surface area contributed by atoms with E-state index in [-0.39, 0.29) is 5.84 Å². The Balaban J connectivity index is 2.82. The molecular formula is C12H17ClN2S. The molecule has 0 saturated heterocycles. The maximum atomic E-state index is 7.51. The van der Waals surface area contributed by atoms with Gasteiger partial charge in [-0.3, -0.25) is 5.41 Å². The van der Waals surface area contributed by atoms with Gasteiger partial charge < -0.3 is 5.73 Å².